The van der Waals surface area contributed by atoms with Gasteiger partial charge in [0.1, 0.15) is 0 Å². The minimum Gasteiger partial charge on any atom is -0.478 e. The van der Waals surface area contributed by atoms with Crippen LogP contribution in [0.3, 0.4) is 0 Å². The number of rotatable bonds is 3. The molecular weight excluding hydrogens is 278 g/mol. The molecular formula is C17H17N3O2. The maximum Gasteiger partial charge on any atom is 0.338 e. The van der Waals surface area contributed by atoms with Gasteiger partial charge in [0, 0.05) is 12.4 Å². The second-order valence-electron chi connectivity index (χ2n) is 6.27. The number of aromatic carboxylic acids is 1. The number of aromatic nitrogens is 2. The summed E-state index contributed by atoms with van der Waals surface area (Å²) in [6.07, 6.45) is 7.51. The lowest BCUT2D eigenvalue weighted by molar-refractivity contribution is 0.0696. The van der Waals surface area contributed by atoms with Gasteiger partial charge in [0.15, 0.2) is 0 Å². The highest BCUT2D eigenvalue weighted by Crippen LogP contribution is 2.58. The fourth-order valence-electron chi connectivity index (χ4n) is 3.76. The van der Waals surface area contributed by atoms with Crippen LogP contribution in [0.15, 0.2) is 36.7 Å². The van der Waals surface area contributed by atoms with Gasteiger partial charge in [0.05, 0.1) is 11.6 Å². The summed E-state index contributed by atoms with van der Waals surface area (Å²) < 4.78 is 0. The van der Waals surface area contributed by atoms with Gasteiger partial charge in [-0.3, -0.25) is 0 Å². The Bertz CT molecular complexity index is 723. The normalized spacial score (nSPS) is 21.2. The average molecular weight is 295 g/mol. The Morgan fingerprint density at radius 3 is 2.59 bits per heavy atom. The number of carboxylic acid groups (broad SMARTS) is 1. The van der Waals surface area contributed by atoms with Gasteiger partial charge in [0.25, 0.3) is 0 Å². The predicted molar refractivity (Wildman–Crippen MR) is 81.8 cm³/mol. The molecule has 5 nitrogen and oxygen atoms in total. The number of benzene rings is 1. The minimum absolute atomic E-state index is 0.107. The van der Waals surface area contributed by atoms with E-state index < -0.39 is 5.97 Å². The first-order chi connectivity index (χ1) is 10.7. The van der Waals surface area contributed by atoms with Gasteiger partial charge in [-0.15, -0.1) is 0 Å². The van der Waals surface area contributed by atoms with Gasteiger partial charge < -0.3 is 10.4 Å². The first-order valence-corrected chi connectivity index (χ1v) is 7.58. The molecule has 0 saturated heterocycles. The van der Waals surface area contributed by atoms with Gasteiger partial charge in [-0.25, -0.2) is 14.8 Å². The standard InChI is InChI=1S/C17H17N3O2/c21-15(22)12-9-18-16(19-10-12)20-14-13-5-2-1-4-11(13)8-17(14)6-3-7-17/h1-2,4-5,9-10,14H,3,6-8H2,(H,21,22)(H,18,19,20). The second-order valence-corrected chi connectivity index (χ2v) is 6.27. The monoisotopic (exact) mass is 295 g/mol. The molecule has 1 fully saturated rings. The smallest absolute Gasteiger partial charge is 0.338 e. The molecule has 0 radical (unpaired) electrons. The Morgan fingerprint density at radius 2 is 1.95 bits per heavy atom. The average Bonchev–Trinajstić information content (AvgIpc) is 2.83. The number of fused-ring (bicyclic) bond motifs is 1. The van der Waals surface area contributed by atoms with Crippen LogP contribution in [-0.2, 0) is 6.42 Å². The van der Waals surface area contributed by atoms with E-state index in [1.165, 1.54) is 42.8 Å². The van der Waals surface area contributed by atoms with E-state index in [4.69, 9.17) is 5.11 Å². The third-order valence-corrected chi connectivity index (χ3v) is 5.04. The number of hydrogen-bond donors (Lipinski definition) is 2. The maximum atomic E-state index is 10.9. The van der Waals surface area contributed by atoms with Gasteiger partial charge in [-0.1, -0.05) is 30.7 Å². The quantitative estimate of drug-likeness (QED) is 0.910. The summed E-state index contributed by atoms with van der Waals surface area (Å²) in [7, 11) is 0. The fraction of sp³-hybridized carbons (Fsp3) is 0.353. The molecule has 1 spiro atoms. The lowest BCUT2D eigenvalue weighted by Gasteiger charge is -2.44. The van der Waals surface area contributed by atoms with Crippen LogP contribution in [-0.4, -0.2) is 21.0 Å². The molecule has 1 heterocycles. The summed E-state index contributed by atoms with van der Waals surface area (Å²) in [5, 5.41) is 12.4. The number of nitrogens with one attached hydrogen (secondary N) is 1. The van der Waals surface area contributed by atoms with E-state index in [1.54, 1.807) is 0 Å². The molecule has 0 aliphatic heterocycles. The van der Waals surface area contributed by atoms with E-state index >= 15 is 0 Å². The van der Waals surface area contributed by atoms with Crippen LogP contribution < -0.4 is 5.32 Å². The zero-order valence-electron chi connectivity index (χ0n) is 12.1. The van der Waals surface area contributed by atoms with Crippen molar-refractivity contribution in [2.24, 2.45) is 5.41 Å². The van der Waals surface area contributed by atoms with E-state index in [1.807, 2.05) is 0 Å². The molecule has 2 aliphatic rings. The third-order valence-electron chi connectivity index (χ3n) is 5.04. The second kappa shape index (κ2) is 4.80. The van der Waals surface area contributed by atoms with Crippen molar-refractivity contribution in [1.82, 2.24) is 9.97 Å². The molecule has 112 valence electrons. The van der Waals surface area contributed by atoms with Crippen molar-refractivity contribution in [1.29, 1.82) is 0 Å². The molecule has 5 heteroatoms. The SMILES string of the molecule is O=C(O)c1cnc(NC2c3ccccc3CC23CCC3)nc1. The minimum atomic E-state index is -1.01. The maximum absolute atomic E-state index is 10.9. The van der Waals surface area contributed by atoms with Crippen LogP contribution >= 0.6 is 0 Å². The molecule has 2 N–H and O–H groups in total. The summed E-state index contributed by atoms with van der Waals surface area (Å²) in [5.41, 5.74) is 3.11. The zero-order chi connectivity index (χ0) is 15.2. The Hall–Kier alpha value is -2.43. The van der Waals surface area contributed by atoms with E-state index in [9.17, 15) is 4.79 Å². The van der Waals surface area contributed by atoms with Gasteiger partial charge in [0.2, 0.25) is 5.95 Å². The van der Waals surface area contributed by atoms with E-state index in [0.29, 0.717) is 5.95 Å². The van der Waals surface area contributed by atoms with Crippen molar-refractivity contribution in [3.63, 3.8) is 0 Å². The molecule has 4 rings (SSSR count). The van der Waals surface area contributed by atoms with Crippen LogP contribution in [0.25, 0.3) is 0 Å². The van der Waals surface area contributed by atoms with Crippen LogP contribution in [0, 0.1) is 5.41 Å². The molecule has 1 aromatic heterocycles. The molecule has 0 bridgehead atoms. The number of nitrogens with zero attached hydrogens (tertiary/aromatic N) is 2. The Morgan fingerprint density at radius 1 is 1.23 bits per heavy atom. The van der Waals surface area contributed by atoms with Crippen LogP contribution in [0.1, 0.15) is 46.8 Å². The highest BCUT2D eigenvalue weighted by molar-refractivity contribution is 5.86. The van der Waals surface area contributed by atoms with Gasteiger partial charge in [-0.2, -0.15) is 0 Å². The molecule has 0 amide bonds. The summed E-state index contributed by atoms with van der Waals surface area (Å²) in [5.74, 6) is -0.508. The van der Waals surface area contributed by atoms with E-state index in [0.717, 1.165) is 6.42 Å². The number of carboxylic acids is 1. The summed E-state index contributed by atoms with van der Waals surface area (Å²) in [4.78, 5) is 19.2. The van der Waals surface area contributed by atoms with Gasteiger partial charge >= 0.3 is 5.97 Å². The van der Waals surface area contributed by atoms with Crippen LogP contribution in [0.4, 0.5) is 5.95 Å². The highest BCUT2D eigenvalue weighted by atomic mass is 16.4. The number of carbonyl (C=O) groups is 1. The van der Waals surface area contributed by atoms with Crippen molar-refractivity contribution < 1.29 is 9.90 Å². The molecule has 2 aromatic rings. The molecule has 1 atom stereocenters. The molecule has 1 aromatic carbocycles. The Kier molecular flexibility index (Phi) is 2.89. The topological polar surface area (TPSA) is 75.1 Å². The van der Waals surface area contributed by atoms with Crippen molar-refractivity contribution in [3.8, 4) is 0 Å². The van der Waals surface area contributed by atoms with Crippen molar-refractivity contribution in [3.05, 3.63) is 53.3 Å². The van der Waals surface area contributed by atoms with E-state index in [-0.39, 0.29) is 17.0 Å². The number of hydrogen-bond acceptors (Lipinski definition) is 4. The molecule has 1 saturated carbocycles. The molecule has 22 heavy (non-hydrogen) atoms. The lowest BCUT2D eigenvalue weighted by Crippen LogP contribution is -2.37. The zero-order valence-corrected chi connectivity index (χ0v) is 12.1. The molecule has 1 unspecified atom stereocenters. The third kappa shape index (κ3) is 1.96. The summed E-state index contributed by atoms with van der Waals surface area (Å²) in [6, 6.07) is 8.75. The van der Waals surface area contributed by atoms with Crippen molar-refractivity contribution in [2.75, 3.05) is 5.32 Å². The van der Waals surface area contributed by atoms with Crippen molar-refractivity contribution in [2.45, 2.75) is 31.7 Å². The summed E-state index contributed by atoms with van der Waals surface area (Å²) in [6.45, 7) is 0. The Labute approximate surface area is 128 Å². The Balaban J connectivity index is 1.64. The predicted octanol–water partition coefficient (Wildman–Crippen LogP) is 3.05. The van der Waals surface area contributed by atoms with Crippen LogP contribution in [0.2, 0.25) is 0 Å². The number of anilines is 1. The van der Waals surface area contributed by atoms with Crippen LogP contribution in [0.5, 0.6) is 0 Å². The molecule has 2 aliphatic carbocycles. The largest absolute Gasteiger partial charge is 0.478 e. The first-order valence-electron chi connectivity index (χ1n) is 7.58. The lowest BCUT2D eigenvalue weighted by atomic mass is 9.64. The van der Waals surface area contributed by atoms with E-state index in [2.05, 4.69) is 39.6 Å². The highest BCUT2D eigenvalue weighted by Gasteiger charge is 2.50. The fourth-order valence-corrected chi connectivity index (χ4v) is 3.76. The van der Waals surface area contributed by atoms with Crippen molar-refractivity contribution >= 4 is 11.9 Å². The first kappa shape index (κ1) is 13.2. The summed E-state index contributed by atoms with van der Waals surface area (Å²) >= 11 is 0. The van der Waals surface area contributed by atoms with Gasteiger partial charge in [-0.05, 0) is 35.8 Å².